The quantitative estimate of drug-likeness (QED) is 0.867. The maximum Gasteiger partial charge on any atom is 0.308 e. The van der Waals surface area contributed by atoms with Gasteiger partial charge in [-0.15, -0.1) is 0 Å². The smallest absolute Gasteiger partial charge is 0.308 e. The summed E-state index contributed by atoms with van der Waals surface area (Å²) in [5.74, 6) is -1.78. The average molecular weight is 277 g/mol. The SMILES string of the molecule is Cc1ccc(O)c(C(=O)N2CCC[C@@H](C(=O)O)[C@H]2C)c1. The molecule has 2 atom stereocenters. The van der Waals surface area contributed by atoms with Crippen LogP contribution in [-0.2, 0) is 4.79 Å². The lowest BCUT2D eigenvalue weighted by molar-refractivity contribution is -0.144. The minimum absolute atomic E-state index is 0.0646. The van der Waals surface area contributed by atoms with Crippen LogP contribution in [0.2, 0.25) is 0 Å². The molecule has 1 aliphatic heterocycles. The summed E-state index contributed by atoms with van der Waals surface area (Å²) >= 11 is 0. The molecule has 20 heavy (non-hydrogen) atoms. The van der Waals surface area contributed by atoms with E-state index in [9.17, 15) is 19.8 Å². The summed E-state index contributed by atoms with van der Waals surface area (Å²) in [5.41, 5.74) is 1.12. The van der Waals surface area contributed by atoms with Gasteiger partial charge in [0.2, 0.25) is 0 Å². The fraction of sp³-hybridized carbons (Fsp3) is 0.467. The second-order valence-corrected chi connectivity index (χ2v) is 5.35. The fourth-order valence-corrected chi connectivity index (χ4v) is 2.74. The summed E-state index contributed by atoms with van der Waals surface area (Å²) in [4.78, 5) is 25.3. The standard InChI is InChI=1S/C15H19NO4/c1-9-5-6-13(17)12(8-9)14(18)16-7-3-4-11(10(16)2)15(19)20/h5-6,8,10-11,17H,3-4,7H2,1-2H3,(H,19,20)/t10-,11-/m1/s1. The second-order valence-electron chi connectivity index (χ2n) is 5.35. The van der Waals surface area contributed by atoms with Crippen LogP contribution in [0.4, 0.5) is 0 Å². The monoisotopic (exact) mass is 277 g/mol. The Morgan fingerprint density at radius 2 is 2.05 bits per heavy atom. The summed E-state index contributed by atoms with van der Waals surface area (Å²) in [6.07, 6.45) is 1.25. The molecule has 1 saturated heterocycles. The first-order valence-electron chi connectivity index (χ1n) is 6.75. The molecule has 0 bridgehead atoms. The number of nitrogens with zero attached hydrogens (tertiary/aromatic N) is 1. The number of carbonyl (C=O) groups is 2. The molecule has 0 aliphatic carbocycles. The lowest BCUT2D eigenvalue weighted by atomic mass is 9.89. The molecule has 1 amide bonds. The van der Waals surface area contributed by atoms with E-state index in [2.05, 4.69) is 0 Å². The van der Waals surface area contributed by atoms with Crippen molar-refractivity contribution in [2.45, 2.75) is 32.7 Å². The van der Waals surface area contributed by atoms with Crippen LogP contribution in [0.3, 0.4) is 0 Å². The third-order valence-electron chi connectivity index (χ3n) is 3.95. The third kappa shape index (κ3) is 2.61. The molecular formula is C15H19NO4. The summed E-state index contributed by atoms with van der Waals surface area (Å²) < 4.78 is 0. The van der Waals surface area contributed by atoms with Crippen molar-refractivity contribution in [2.75, 3.05) is 6.54 Å². The van der Waals surface area contributed by atoms with Gasteiger partial charge in [0.1, 0.15) is 5.75 Å². The number of amides is 1. The van der Waals surface area contributed by atoms with Crippen LogP contribution in [0, 0.1) is 12.8 Å². The molecular weight excluding hydrogens is 258 g/mol. The van der Waals surface area contributed by atoms with Crippen LogP contribution in [0.1, 0.15) is 35.7 Å². The molecule has 2 N–H and O–H groups in total. The van der Waals surface area contributed by atoms with Gasteiger partial charge in [-0.2, -0.15) is 0 Å². The molecule has 5 nitrogen and oxygen atoms in total. The van der Waals surface area contributed by atoms with Crippen molar-refractivity contribution in [3.63, 3.8) is 0 Å². The van der Waals surface area contributed by atoms with E-state index in [4.69, 9.17) is 0 Å². The Hall–Kier alpha value is -2.04. The molecule has 0 unspecified atom stereocenters. The molecule has 1 aliphatic rings. The Labute approximate surface area is 117 Å². The Bertz CT molecular complexity index is 541. The van der Waals surface area contributed by atoms with Crippen molar-refractivity contribution < 1.29 is 19.8 Å². The number of aromatic hydroxyl groups is 1. The first kappa shape index (κ1) is 14.4. The van der Waals surface area contributed by atoms with Gasteiger partial charge in [-0.3, -0.25) is 9.59 Å². The zero-order chi connectivity index (χ0) is 14.9. The van der Waals surface area contributed by atoms with Crippen LogP contribution in [0.5, 0.6) is 5.75 Å². The highest BCUT2D eigenvalue weighted by atomic mass is 16.4. The molecule has 0 spiro atoms. The number of likely N-dealkylation sites (tertiary alicyclic amines) is 1. The summed E-state index contributed by atoms with van der Waals surface area (Å²) in [6.45, 7) is 4.12. The van der Waals surface area contributed by atoms with Crippen LogP contribution in [-0.4, -0.2) is 39.6 Å². The van der Waals surface area contributed by atoms with Crippen LogP contribution in [0.25, 0.3) is 0 Å². The van der Waals surface area contributed by atoms with Gasteiger partial charge >= 0.3 is 5.97 Å². The number of hydrogen-bond donors (Lipinski definition) is 2. The number of aryl methyl sites for hydroxylation is 1. The zero-order valence-electron chi connectivity index (χ0n) is 11.7. The van der Waals surface area contributed by atoms with Gasteiger partial charge in [-0.05, 0) is 38.8 Å². The van der Waals surface area contributed by atoms with Crippen LogP contribution < -0.4 is 0 Å². The first-order valence-corrected chi connectivity index (χ1v) is 6.75. The lowest BCUT2D eigenvalue weighted by Gasteiger charge is -2.37. The predicted molar refractivity (Wildman–Crippen MR) is 73.7 cm³/mol. The Balaban J connectivity index is 2.28. The molecule has 1 heterocycles. The molecule has 0 radical (unpaired) electrons. The number of carboxylic acids is 1. The zero-order valence-corrected chi connectivity index (χ0v) is 11.7. The maximum absolute atomic E-state index is 12.5. The summed E-state index contributed by atoms with van der Waals surface area (Å²) in [5, 5.41) is 19.0. The van der Waals surface area contributed by atoms with Gasteiger partial charge in [-0.25, -0.2) is 0 Å². The van der Waals surface area contributed by atoms with Crippen LogP contribution in [0.15, 0.2) is 18.2 Å². The number of carbonyl (C=O) groups excluding carboxylic acids is 1. The molecule has 1 fully saturated rings. The molecule has 108 valence electrons. The van der Waals surface area contributed by atoms with E-state index in [1.54, 1.807) is 24.0 Å². The molecule has 0 aromatic heterocycles. The number of rotatable bonds is 2. The Kier molecular flexibility index (Phi) is 3.97. The number of phenols is 1. The highest BCUT2D eigenvalue weighted by molar-refractivity contribution is 5.97. The first-order chi connectivity index (χ1) is 9.41. The lowest BCUT2D eigenvalue weighted by Crippen LogP contribution is -2.49. The van der Waals surface area contributed by atoms with Gasteiger partial charge in [0, 0.05) is 12.6 Å². The van der Waals surface area contributed by atoms with Crippen molar-refractivity contribution >= 4 is 11.9 Å². The minimum atomic E-state index is -0.872. The van der Waals surface area contributed by atoms with Gasteiger partial charge < -0.3 is 15.1 Å². The van der Waals surface area contributed by atoms with Gasteiger partial charge in [0.15, 0.2) is 0 Å². The van der Waals surface area contributed by atoms with E-state index in [-0.39, 0.29) is 23.3 Å². The predicted octanol–water partition coefficient (Wildman–Crippen LogP) is 2.03. The summed E-state index contributed by atoms with van der Waals surface area (Å²) in [6, 6.07) is 4.49. The highest BCUT2D eigenvalue weighted by Gasteiger charge is 2.36. The topological polar surface area (TPSA) is 77.8 Å². The van der Waals surface area contributed by atoms with Crippen molar-refractivity contribution in [1.29, 1.82) is 0 Å². The number of piperidine rings is 1. The van der Waals surface area contributed by atoms with Gasteiger partial charge in [0.25, 0.3) is 5.91 Å². The maximum atomic E-state index is 12.5. The number of hydrogen-bond acceptors (Lipinski definition) is 3. The second kappa shape index (κ2) is 5.53. The van der Waals surface area contributed by atoms with Crippen molar-refractivity contribution in [2.24, 2.45) is 5.92 Å². The molecule has 2 rings (SSSR count). The van der Waals surface area contributed by atoms with Crippen molar-refractivity contribution in [1.82, 2.24) is 4.90 Å². The van der Waals surface area contributed by atoms with Crippen molar-refractivity contribution in [3.05, 3.63) is 29.3 Å². The normalized spacial score (nSPS) is 22.6. The molecule has 0 saturated carbocycles. The molecule has 1 aromatic rings. The number of benzene rings is 1. The molecule has 1 aromatic carbocycles. The Morgan fingerprint density at radius 1 is 1.35 bits per heavy atom. The van der Waals surface area contributed by atoms with E-state index in [0.29, 0.717) is 19.4 Å². The number of phenolic OH excluding ortho intramolecular Hbond substituents is 1. The van der Waals surface area contributed by atoms with E-state index < -0.39 is 11.9 Å². The highest BCUT2D eigenvalue weighted by Crippen LogP contribution is 2.28. The van der Waals surface area contributed by atoms with E-state index in [1.165, 1.54) is 6.07 Å². The number of carboxylic acid groups (broad SMARTS) is 1. The van der Waals surface area contributed by atoms with Gasteiger partial charge in [-0.1, -0.05) is 11.6 Å². The largest absolute Gasteiger partial charge is 0.507 e. The van der Waals surface area contributed by atoms with E-state index in [0.717, 1.165) is 5.56 Å². The molecule has 5 heteroatoms. The minimum Gasteiger partial charge on any atom is -0.507 e. The fourth-order valence-electron chi connectivity index (χ4n) is 2.74. The van der Waals surface area contributed by atoms with Crippen molar-refractivity contribution in [3.8, 4) is 5.75 Å². The van der Waals surface area contributed by atoms with Gasteiger partial charge in [0.05, 0.1) is 11.5 Å². The Morgan fingerprint density at radius 3 is 2.70 bits per heavy atom. The summed E-state index contributed by atoms with van der Waals surface area (Å²) in [7, 11) is 0. The third-order valence-corrected chi connectivity index (χ3v) is 3.95. The van der Waals surface area contributed by atoms with E-state index in [1.807, 2.05) is 6.92 Å². The number of aliphatic carboxylic acids is 1. The average Bonchev–Trinajstić information content (AvgIpc) is 2.40. The van der Waals surface area contributed by atoms with E-state index >= 15 is 0 Å². The van der Waals surface area contributed by atoms with Crippen LogP contribution >= 0.6 is 0 Å².